The SMILES string of the molecule is COC1CC(CN2CCC(CN3CCC34CCN(C)CC4)CC2)C1. The van der Waals surface area contributed by atoms with Crippen molar-refractivity contribution >= 4 is 0 Å². The molecule has 4 heteroatoms. The number of methoxy groups -OCH3 is 1. The summed E-state index contributed by atoms with van der Waals surface area (Å²) in [5.74, 6) is 1.86. The van der Waals surface area contributed by atoms with Crippen molar-refractivity contribution in [2.45, 2.75) is 56.6 Å². The second kappa shape index (κ2) is 7.22. The average Bonchev–Trinajstić information content (AvgIpc) is 2.56. The third-order valence-electron chi connectivity index (χ3n) is 7.66. The first kappa shape index (κ1) is 17.3. The van der Waals surface area contributed by atoms with Gasteiger partial charge >= 0.3 is 0 Å². The number of rotatable bonds is 5. The van der Waals surface area contributed by atoms with Crippen LogP contribution in [0.2, 0.25) is 0 Å². The van der Waals surface area contributed by atoms with Crippen molar-refractivity contribution in [2.24, 2.45) is 11.8 Å². The van der Waals surface area contributed by atoms with Crippen molar-refractivity contribution < 1.29 is 4.74 Å². The molecule has 4 nitrogen and oxygen atoms in total. The van der Waals surface area contributed by atoms with Crippen LogP contribution < -0.4 is 0 Å². The minimum atomic E-state index is 0.560. The van der Waals surface area contributed by atoms with Gasteiger partial charge in [0.25, 0.3) is 0 Å². The van der Waals surface area contributed by atoms with Crippen LogP contribution in [0.1, 0.15) is 44.9 Å². The average molecular weight is 336 g/mol. The minimum Gasteiger partial charge on any atom is -0.381 e. The first-order valence-corrected chi connectivity index (χ1v) is 10.4. The first-order valence-electron chi connectivity index (χ1n) is 10.4. The Morgan fingerprint density at radius 3 is 2.12 bits per heavy atom. The van der Waals surface area contributed by atoms with Crippen molar-refractivity contribution in [3.05, 3.63) is 0 Å². The van der Waals surface area contributed by atoms with Crippen molar-refractivity contribution in [2.75, 3.05) is 60.0 Å². The fourth-order valence-electron chi connectivity index (χ4n) is 5.52. The summed E-state index contributed by atoms with van der Waals surface area (Å²) in [6.45, 7) is 9.35. The fourth-order valence-corrected chi connectivity index (χ4v) is 5.52. The molecule has 4 fully saturated rings. The number of ether oxygens (including phenoxy) is 1. The normalized spacial score (nSPS) is 35.8. The molecule has 0 unspecified atom stereocenters. The Bertz CT molecular complexity index is 407. The fraction of sp³-hybridized carbons (Fsp3) is 1.00. The highest BCUT2D eigenvalue weighted by molar-refractivity contribution is 5.03. The van der Waals surface area contributed by atoms with E-state index < -0.39 is 0 Å². The Morgan fingerprint density at radius 2 is 1.54 bits per heavy atom. The molecule has 1 spiro atoms. The molecule has 0 atom stereocenters. The lowest BCUT2D eigenvalue weighted by atomic mass is 9.75. The van der Waals surface area contributed by atoms with E-state index in [0.29, 0.717) is 11.6 Å². The smallest absolute Gasteiger partial charge is 0.0577 e. The molecule has 3 aliphatic heterocycles. The largest absolute Gasteiger partial charge is 0.381 e. The summed E-state index contributed by atoms with van der Waals surface area (Å²) in [6.07, 6.45) is 10.3. The molecule has 0 radical (unpaired) electrons. The van der Waals surface area contributed by atoms with Crippen LogP contribution in [-0.2, 0) is 4.74 Å². The van der Waals surface area contributed by atoms with Crippen LogP contribution in [0.4, 0.5) is 0 Å². The van der Waals surface area contributed by atoms with E-state index in [1.807, 2.05) is 7.11 Å². The van der Waals surface area contributed by atoms with Crippen molar-refractivity contribution in [3.63, 3.8) is 0 Å². The monoisotopic (exact) mass is 335 g/mol. The summed E-state index contributed by atoms with van der Waals surface area (Å²) >= 11 is 0. The van der Waals surface area contributed by atoms with E-state index in [4.69, 9.17) is 4.74 Å². The van der Waals surface area contributed by atoms with Crippen LogP contribution in [0.3, 0.4) is 0 Å². The molecule has 3 saturated heterocycles. The molecular formula is C20H37N3O. The molecule has 138 valence electrons. The lowest BCUT2D eigenvalue weighted by Gasteiger charge is -2.57. The topological polar surface area (TPSA) is 19.0 Å². The van der Waals surface area contributed by atoms with Gasteiger partial charge in [0.1, 0.15) is 0 Å². The van der Waals surface area contributed by atoms with Gasteiger partial charge in [0, 0.05) is 32.3 Å². The summed E-state index contributed by atoms with van der Waals surface area (Å²) in [6, 6.07) is 0. The number of hydrogen-bond acceptors (Lipinski definition) is 4. The Labute approximate surface area is 148 Å². The number of piperidine rings is 2. The second-order valence-corrected chi connectivity index (χ2v) is 9.16. The molecule has 0 amide bonds. The molecule has 0 N–H and O–H groups in total. The van der Waals surface area contributed by atoms with E-state index >= 15 is 0 Å². The van der Waals surface area contributed by atoms with Crippen LogP contribution in [0.5, 0.6) is 0 Å². The molecule has 3 heterocycles. The number of nitrogens with zero attached hydrogens (tertiary/aromatic N) is 3. The number of likely N-dealkylation sites (tertiary alicyclic amines) is 3. The molecule has 24 heavy (non-hydrogen) atoms. The van der Waals surface area contributed by atoms with Gasteiger partial charge in [-0.15, -0.1) is 0 Å². The van der Waals surface area contributed by atoms with E-state index in [-0.39, 0.29) is 0 Å². The minimum absolute atomic E-state index is 0.560. The first-order chi connectivity index (χ1) is 11.7. The van der Waals surface area contributed by atoms with Gasteiger partial charge in [-0.05, 0) is 90.0 Å². The Kier molecular flexibility index (Phi) is 5.19. The molecule has 0 bridgehead atoms. The summed E-state index contributed by atoms with van der Waals surface area (Å²) in [4.78, 5) is 8.11. The Morgan fingerprint density at radius 1 is 0.875 bits per heavy atom. The van der Waals surface area contributed by atoms with Gasteiger partial charge in [-0.2, -0.15) is 0 Å². The molecule has 1 saturated carbocycles. The third-order valence-corrected chi connectivity index (χ3v) is 7.66. The zero-order valence-corrected chi connectivity index (χ0v) is 15.9. The Balaban J connectivity index is 1.17. The molecule has 0 aromatic carbocycles. The maximum Gasteiger partial charge on any atom is 0.0577 e. The van der Waals surface area contributed by atoms with Crippen LogP contribution in [0.25, 0.3) is 0 Å². The van der Waals surface area contributed by atoms with Gasteiger partial charge in [-0.3, -0.25) is 4.90 Å². The lowest BCUT2D eigenvalue weighted by Crippen LogP contribution is -2.64. The van der Waals surface area contributed by atoms with E-state index in [0.717, 1.165) is 11.8 Å². The highest BCUT2D eigenvalue weighted by atomic mass is 16.5. The number of hydrogen-bond donors (Lipinski definition) is 0. The standard InChI is InChI=1S/C20H37N3O/c1-21-10-5-20(6-11-21)7-12-23(20)16-17-3-8-22(9-4-17)15-18-13-19(14-18)24-2/h17-19H,3-16H2,1-2H3. The molecule has 4 aliphatic rings. The quantitative estimate of drug-likeness (QED) is 0.767. The molecular weight excluding hydrogens is 298 g/mol. The van der Waals surface area contributed by atoms with Crippen LogP contribution in [0.15, 0.2) is 0 Å². The second-order valence-electron chi connectivity index (χ2n) is 9.16. The zero-order chi connectivity index (χ0) is 16.6. The molecule has 0 aromatic heterocycles. The van der Waals surface area contributed by atoms with Crippen LogP contribution in [-0.4, -0.2) is 86.3 Å². The summed E-state index contributed by atoms with van der Waals surface area (Å²) in [7, 11) is 4.14. The van der Waals surface area contributed by atoms with Crippen LogP contribution in [0, 0.1) is 11.8 Å². The van der Waals surface area contributed by atoms with Gasteiger partial charge in [0.15, 0.2) is 0 Å². The van der Waals surface area contributed by atoms with E-state index in [1.165, 1.54) is 90.8 Å². The van der Waals surface area contributed by atoms with Crippen molar-refractivity contribution in [3.8, 4) is 0 Å². The summed E-state index contributed by atoms with van der Waals surface area (Å²) < 4.78 is 5.42. The highest BCUT2D eigenvalue weighted by Crippen LogP contribution is 2.41. The van der Waals surface area contributed by atoms with Gasteiger partial charge in [0.05, 0.1) is 6.10 Å². The predicted molar refractivity (Wildman–Crippen MR) is 98.3 cm³/mol. The predicted octanol–water partition coefficient (Wildman–Crippen LogP) is 2.29. The third kappa shape index (κ3) is 3.53. The molecule has 1 aliphatic carbocycles. The Hall–Kier alpha value is -0.160. The van der Waals surface area contributed by atoms with Gasteiger partial charge in [-0.1, -0.05) is 0 Å². The van der Waals surface area contributed by atoms with Crippen molar-refractivity contribution in [1.82, 2.24) is 14.7 Å². The van der Waals surface area contributed by atoms with Gasteiger partial charge in [-0.25, -0.2) is 0 Å². The molecule has 4 rings (SSSR count). The summed E-state index contributed by atoms with van der Waals surface area (Å²) in [5, 5.41) is 0. The highest BCUT2D eigenvalue weighted by Gasteiger charge is 2.46. The summed E-state index contributed by atoms with van der Waals surface area (Å²) in [5.41, 5.74) is 0.602. The zero-order valence-electron chi connectivity index (χ0n) is 15.9. The van der Waals surface area contributed by atoms with Gasteiger partial charge < -0.3 is 14.5 Å². The van der Waals surface area contributed by atoms with Crippen molar-refractivity contribution in [1.29, 1.82) is 0 Å². The van der Waals surface area contributed by atoms with E-state index in [9.17, 15) is 0 Å². The maximum absolute atomic E-state index is 5.42. The lowest BCUT2D eigenvalue weighted by molar-refractivity contribution is -0.0690. The van der Waals surface area contributed by atoms with E-state index in [1.54, 1.807) is 0 Å². The van der Waals surface area contributed by atoms with E-state index in [2.05, 4.69) is 21.7 Å². The maximum atomic E-state index is 5.42. The van der Waals surface area contributed by atoms with Gasteiger partial charge in [0.2, 0.25) is 0 Å². The van der Waals surface area contributed by atoms with Crippen LogP contribution >= 0.6 is 0 Å². The molecule has 0 aromatic rings.